The molecule has 0 radical (unpaired) electrons. The zero-order valence-electron chi connectivity index (χ0n) is 6.09. The van der Waals surface area contributed by atoms with Crippen LogP contribution < -0.4 is 5.32 Å². The van der Waals surface area contributed by atoms with Gasteiger partial charge in [0.05, 0.1) is 13.2 Å². The zero-order valence-corrected chi connectivity index (χ0v) is 6.09. The van der Waals surface area contributed by atoms with Gasteiger partial charge in [-0.3, -0.25) is 0 Å². The number of hydrogen-bond donors (Lipinski definition) is 5. The first-order chi connectivity index (χ1) is 5.20. The van der Waals surface area contributed by atoms with E-state index in [2.05, 4.69) is 0 Å². The van der Waals surface area contributed by atoms with Crippen molar-refractivity contribution in [3.05, 3.63) is 0 Å². The maximum Gasteiger partial charge on any atom is 0.140 e. The monoisotopic (exact) mass is 164 g/mol. The topological polar surface area (TPSA) is 97.5 Å². The molecule has 1 aliphatic heterocycles. The fraction of sp³-hybridized carbons (Fsp3) is 1.00. The van der Waals surface area contributed by atoms with E-state index in [-0.39, 0.29) is 13.2 Å². The molecule has 0 aromatic heterocycles. The van der Waals surface area contributed by atoms with Gasteiger partial charge in [0.2, 0.25) is 0 Å². The van der Waals surface area contributed by atoms with Gasteiger partial charge in [-0.05, 0) is 0 Å². The van der Waals surface area contributed by atoms with Crippen LogP contribution in [-0.4, -0.2) is 57.9 Å². The van der Waals surface area contributed by atoms with Gasteiger partial charge >= 0.3 is 0 Å². The number of nitrogens with two attached hydrogens (primary N) is 1. The lowest BCUT2D eigenvalue weighted by Gasteiger charge is -2.08. The van der Waals surface area contributed by atoms with Crippen LogP contribution in [0, 0.1) is 0 Å². The van der Waals surface area contributed by atoms with Gasteiger partial charge in [0.15, 0.2) is 0 Å². The normalized spacial score (nSPS) is 44.7. The van der Waals surface area contributed by atoms with E-state index in [0.717, 1.165) is 0 Å². The minimum atomic E-state index is -0.933. The fourth-order valence-corrected chi connectivity index (χ4v) is 1.39. The van der Waals surface area contributed by atoms with Gasteiger partial charge in [-0.25, -0.2) is 0 Å². The van der Waals surface area contributed by atoms with Crippen LogP contribution in [0.25, 0.3) is 0 Å². The molecule has 1 saturated heterocycles. The Morgan fingerprint density at radius 1 is 0.909 bits per heavy atom. The molecule has 11 heavy (non-hydrogen) atoms. The molecule has 1 aliphatic rings. The van der Waals surface area contributed by atoms with Crippen molar-refractivity contribution >= 4 is 0 Å². The van der Waals surface area contributed by atoms with Crippen molar-refractivity contribution in [1.82, 2.24) is 0 Å². The summed E-state index contributed by atoms with van der Waals surface area (Å²) in [5.74, 6) is 0. The molecule has 0 spiro atoms. The summed E-state index contributed by atoms with van der Waals surface area (Å²) < 4.78 is 0. The molecule has 0 saturated carbocycles. The highest BCUT2D eigenvalue weighted by molar-refractivity contribution is 4.85. The van der Waals surface area contributed by atoms with Gasteiger partial charge in [0, 0.05) is 0 Å². The van der Waals surface area contributed by atoms with Crippen molar-refractivity contribution in [3.63, 3.8) is 0 Å². The number of rotatable bonds is 2. The SMILES string of the molecule is OC[C@@H]1[NH2+][C@H](CO)[C@H](O)[C@@H]1O. The molecule has 0 bridgehead atoms. The highest BCUT2D eigenvalue weighted by atomic mass is 16.3. The highest BCUT2D eigenvalue weighted by Crippen LogP contribution is 2.06. The van der Waals surface area contributed by atoms with Crippen molar-refractivity contribution in [2.24, 2.45) is 0 Å². The van der Waals surface area contributed by atoms with E-state index >= 15 is 0 Å². The van der Waals surface area contributed by atoms with Crippen molar-refractivity contribution in [3.8, 4) is 0 Å². The molecule has 0 amide bonds. The second-order valence-electron chi connectivity index (χ2n) is 2.87. The summed E-state index contributed by atoms with van der Waals surface area (Å²) in [5, 5.41) is 37.4. The Bertz CT molecular complexity index is 114. The predicted octanol–water partition coefficient (Wildman–Crippen LogP) is -3.99. The smallest absolute Gasteiger partial charge is 0.140 e. The van der Waals surface area contributed by atoms with Crippen LogP contribution in [0.3, 0.4) is 0 Å². The molecular weight excluding hydrogens is 150 g/mol. The van der Waals surface area contributed by atoms with Gasteiger partial charge in [-0.2, -0.15) is 0 Å². The predicted molar refractivity (Wildman–Crippen MR) is 35.7 cm³/mol. The van der Waals surface area contributed by atoms with Crippen LogP contribution in [-0.2, 0) is 0 Å². The number of quaternary nitrogens is 1. The Morgan fingerprint density at radius 2 is 1.27 bits per heavy atom. The number of aliphatic hydroxyl groups is 4. The van der Waals surface area contributed by atoms with Crippen molar-refractivity contribution < 1.29 is 25.7 Å². The molecule has 5 heteroatoms. The highest BCUT2D eigenvalue weighted by Gasteiger charge is 2.44. The van der Waals surface area contributed by atoms with E-state index < -0.39 is 24.3 Å². The summed E-state index contributed by atoms with van der Waals surface area (Å²) in [6, 6.07) is -0.802. The molecule has 1 fully saturated rings. The second kappa shape index (κ2) is 3.46. The third-order valence-corrected chi connectivity index (χ3v) is 2.14. The lowest BCUT2D eigenvalue weighted by atomic mass is 10.1. The zero-order chi connectivity index (χ0) is 8.43. The molecule has 0 aromatic rings. The third kappa shape index (κ3) is 1.52. The van der Waals surface area contributed by atoms with Crippen LogP contribution in [0.15, 0.2) is 0 Å². The Balaban J connectivity index is 2.53. The molecule has 66 valence electrons. The molecule has 4 atom stereocenters. The van der Waals surface area contributed by atoms with Crippen LogP contribution in [0.2, 0.25) is 0 Å². The summed E-state index contributed by atoms with van der Waals surface area (Å²) in [5.41, 5.74) is 0. The molecular formula is C6H14NO4+. The number of hydrogen-bond acceptors (Lipinski definition) is 4. The maximum absolute atomic E-state index is 9.21. The van der Waals surface area contributed by atoms with Gasteiger partial charge in [0.1, 0.15) is 24.3 Å². The Hall–Kier alpha value is -0.200. The molecule has 5 nitrogen and oxygen atoms in total. The molecule has 6 N–H and O–H groups in total. The van der Waals surface area contributed by atoms with Gasteiger partial charge in [-0.15, -0.1) is 0 Å². The fourth-order valence-electron chi connectivity index (χ4n) is 1.39. The van der Waals surface area contributed by atoms with Crippen LogP contribution >= 0.6 is 0 Å². The summed E-state index contributed by atoms with van der Waals surface area (Å²) >= 11 is 0. The molecule has 0 unspecified atom stereocenters. The lowest BCUT2D eigenvalue weighted by Crippen LogP contribution is -2.94. The Kier molecular flexibility index (Phi) is 2.80. The van der Waals surface area contributed by atoms with Crippen LogP contribution in [0.4, 0.5) is 0 Å². The van der Waals surface area contributed by atoms with Crippen molar-refractivity contribution in [2.75, 3.05) is 13.2 Å². The molecule has 0 aromatic carbocycles. The summed E-state index contributed by atoms with van der Waals surface area (Å²) in [6.07, 6.45) is -1.87. The van der Waals surface area contributed by atoms with Crippen LogP contribution in [0.1, 0.15) is 0 Å². The minimum Gasteiger partial charge on any atom is -0.390 e. The van der Waals surface area contributed by atoms with E-state index in [0.29, 0.717) is 0 Å². The molecule has 1 heterocycles. The Morgan fingerprint density at radius 3 is 1.45 bits per heavy atom. The van der Waals surface area contributed by atoms with E-state index in [1.165, 1.54) is 0 Å². The van der Waals surface area contributed by atoms with Gasteiger partial charge in [0.25, 0.3) is 0 Å². The largest absolute Gasteiger partial charge is 0.390 e. The standard InChI is InChI=1S/C6H13NO4/c8-1-3-5(10)6(11)4(2-9)7-3/h3-11H,1-2H2/p+1/t3-,4+,5+,6-. The first-order valence-corrected chi connectivity index (χ1v) is 3.63. The summed E-state index contributed by atoms with van der Waals surface area (Å²) in [4.78, 5) is 0. The summed E-state index contributed by atoms with van der Waals surface area (Å²) in [7, 11) is 0. The second-order valence-corrected chi connectivity index (χ2v) is 2.87. The van der Waals surface area contributed by atoms with E-state index in [9.17, 15) is 10.2 Å². The molecule has 1 rings (SSSR count). The van der Waals surface area contributed by atoms with E-state index in [1.54, 1.807) is 5.32 Å². The Labute approximate surface area is 64.3 Å². The first kappa shape index (κ1) is 8.89. The van der Waals surface area contributed by atoms with Gasteiger partial charge in [-0.1, -0.05) is 0 Å². The van der Waals surface area contributed by atoms with Crippen LogP contribution in [0.5, 0.6) is 0 Å². The number of aliphatic hydroxyl groups excluding tert-OH is 4. The first-order valence-electron chi connectivity index (χ1n) is 3.63. The quantitative estimate of drug-likeness (QED) is 0.287. The van der Waals surface area contributed by atoms with E-state index in [4.69, 9.17) is 10.2 Å². The third-order valence-electron chi connectivity index (χ3n) is 2.14. The average Bonchev–Trinajstić information content (AvgIpc) is 2.30. The van der Waals surface area contributed by atoms with Gasteiger partial charge < -0.3 is 25.7 Å². The van der Waals surface area contributed by atoms with E-state index in [1.807, 2.05) is 0 Å². The van der Waals surface area contributed by atoms with Crippen molar-refractivity contribution in [2.45, 2.75) is 24.3 Å². The minimum absolute atomic E-state index is 0.186. The summed E-state index contributed by atoms with van der Waals surface area (Å²) in [6.45, 7) is -0.372. The molecule has 0 aliphatic carbocycles. The van der Waals surface area contributed by atoms with Crippen molar-refractivity contribution in [1.29, 1.82) is 0 Å². The maximum atomic E-state index is 9.21. The average molecular weight is 164 g/mol. The lowest BCUT2D eigenvalue weighted by molar-refractivity contribution is -0.709.